The molecule has 0 amide bonds. The van der Waals surface area contributed by atoms with E-state index in [4.69, 9.17) is 15.2 Å². The molecule has 6 heteroatoms. The molecule has 0 aliphatic heterocycles. The average Bonchev–Trinajstić information content (AvgIpc) is 2.41. The molecule has 0 saturated carbocycles. The normalized spacial score (nSPS) is 10.2. The molecule has 0 heterocycles. The Hall–Kier alpha value is -0.867. The van der Waals surface area contributed by atoms with Gasteiger partial charge in [-0.3, -0.25) is 0 Å². The molecule has 0 aliphatic carbocycles. The molecule has 1 aromatic rings. The van der Waals surface area contributed by atoms with Gasteiger partial charge in [0.2, 0.25) is 0 Å². The second kappa shape index (κ2) is 10.1. The molecular formula is C12H14BrNO3Zn. The van der Waals surface area contributed by atoms with Gasteiger partial charge in [0.15, 0.2) is 0 Å². The van der Waals surface area contributed by atoms with Crippen LogP contribution in [0.25, 0.3) is 11.4 Å². The van der Waals surface area contributed by atoms with Gasteiger partial charge in [0.1, 0.15) is 5.75 Å². The van der Waals surface area contributed by atoms with Gasteiger partial charge in [-0.25, -0.2) is 4.79 Å². The molecule has 0 unspecified atom stereocenters. The van der Waals surface area contributed by atoms with E-state index in [0.717, 1.165) is 6.08 Å². The monoisotopic (exact) mass is 363 g/mol. The van der Waals surface area contributed by atoms with Gasteiger partial charge in [-0.15, -0.1) is 5.70 Å². The molecule has 0 bridgehead atoms. The molecule has 0 saturated heterocycles. The predicted molar refractivity (Wildman–Crippen MR) is 70.9 cm³/mol. The van der Waals surface area contributed by atoms with Crippen molar-refractivity contribution in [2.24, 2.45) is 0 Å². The first-order valence-corrected chi connectivity index (χ1v) is 12.1. The van der Waals surface area contributed by atoms with E-state index < -0.39 is 5.97 Å². The van der Waals surface area contributed by atoms with E-state index in [1.807, 2.05) is 0 Å². The van der Waals surface area contributed by atoms with Crippen LogP contribution in [0.5, 0.6) is 5.75 Å². The van der Waals surface area contributed by atoms with Gasteiger partial charge in [0.25, 0.3) is 0 Å². The number of esters is 1. The van der Waals surface area contributed by atoms with Crippen LogP contribution in [0.3, 0.4) is 0 Å². The number of hydrogen-bond acceptors (Lipinski definition) is 3. The zero-order valence-corrected chi connectivity index (χ0v) is 15.0. The number of nitrogens with one attached hydrogen (secondary N) is 1. The van der Waals surface area contributed by atoms with E-state index in [1.54, 1.807) is 38.3 Å². The Kier molecular flexibility index (Phi) is 9.61. The molecule has 94 valence electrons. The topological polar surface area (TPSA) is 59.3 Å². The van der Waals surface area contributed by atoms with Gasteiger partial charge >= 0.3 is 35.9 Å². The third kappa shape index (κ3) is 6.17. The summed E-state index contributed by atoms with van der Waals surface area (Å²) in [6, 6.07) is 6.92. The summed E-state index contributed by atoms with van der Waals surface area (Å²) in [4.78, 5) is 11.1. The molecule has 1 N–H and O–H groups in total. The van der Waals surface area contributed by atoms with E-state index in [9.17, 15) is 4.79 Å². The first kappa shape index (κ1) is 17.1. The van der Waals surface area contributed by atoms with Gasteiger partial charge in [-0.1, -0.05) is 12.1 Å². The van der Waals surface area contributed by atoms with Crippen molar-refractivity contribution in [1.82, 2.24) is 0 Å². The van der Waals surface area contributed by atoms with Crippen LogP contribution in [0.15, 0.2) is 30.3 Å². The van der Waals surface area contributed by atoms with Crippen LogP contribution >= 0.6 is 13.6 Å². The van der Waals surface area contributed by atoms with E-state index in [0.29, 0.717) is 17.9 Å². The Labute approximate surface area is 124 Å². The third-order valence-corrected chi connectivity index (χ3v) is 1.95. The number of rotatable bonds is 4. The zero-order valence-electron chi connectivity index (χ0n) is 10.4. The Bertz CT molecular complexity index is 393. The third-order valence-electron chi connectivity index (χ3n) is 1.95. The van der Waals surface area contributed by atoms with Crippen LogP contribution in [0.1, 0.15) is 12.5 Å². The van der Waals surface area contributed by atoms with Gasteiger partial charge in [0.05, 0.1) is 13.7 Å². The first-order chi connectivity index (χ1) is 8.67. The first-order valence-electron chi connectivity index (χ1n) is 5.18. The fourth-order valence-corrected chi connectivity index (χ4v) is 1.16. The zero-order chi connectivity index (χ0) is 14.0. The summed E-state index contributed by atoms with van der Waals surface area (Å²) >= 11 is 4.25. The van der Waals surface area contributed by atoms with Crippen LogP contribution in [0.2, 0.25) is 0 Å². The van der Waals surface area contributed by atoms with E-state index in [-0.39, 0.29) is 5.70 Å². The minimum atomic E-state index is -0.497. The van der Waals surface area contributed by atoms with E-state index in [1.165, 1.54) is 16.3 Å². The molecule has 0 atom stereocenters. The van der Waals surface area contributed by atoms with Crippen molar-refractivity contribution in [2.45, 2.75) is 6.92 Å². The molecule has 4 nitrogen and oxygen atoms in total. The van der Waals surface area contributed by atoms with E-state index in [2.05, 4.69) is 13.6 Å². The van der Waals surface area contributed by atoms with Gasteiger partial charge < -0.3 is 15.2 Å². The molecule has 0 radical (unpaired) electrons. The van der Waals surface area contributed by atoms with Crippen LogP contribution in [0.4, 0.5) is 0 Å². The Morgan fingerprint density at radius 2 is 1.94 bits per heavy atom. The van der Waals surface area contributed by atoms with Crippen molar-refractivity contribution in [3.63, 3.8) is 0 Å². The molecule has 0 aliphatic rings. The summed E-state index contributed by atoms with van der Waals surface area (Å²) < 4.78 is 9.72. The summed E-state index contributed by atoms with van der Waals surface area (Å²) in [5.41, 5.74) is 8.44. The molecule has 1 rings (SSSR count). The van der Waals surface area contributed by atoms with Crippen LogP contribution in [0, 0.1) is 0 Å². The van der Waals surface area contributed by atoms with Crippen LogP contribution in [-0.2, 0) is 25.9 Å². The van der Waals surface area contributed by atoms with Crippen molar-refractivity contribution in [3.05, 3.63) is 41.6 Å². The Morgan fingerprint density at radius 3 is 2.39 bits per heavy atom. The summed E-state index contributed by atoms with van der Waals surface area (Å²) in [6.07, 6.45) is 1.16. The van der Waals surface area contributed by atoms with Crippen LogP contribution < -0.4 is 4.74 Å². The SMILES string of the molecule is CCOC(=O)/C=C(\[NH-])c1ccc(OC)cc1.[Zn+][Br]. The number of carbonyl (C=O) groups excluding carboxylic acids is 1. The fourth-order valence-electron chi connectivity index (χ4n) is 1.16. The molecule has 18 heavy (non-hydrogen) atoms. The van der Waals surface area contributed by atoms with Crippen molar-refractivity contribution < 1.29 is 30.6 Å². The number of benzene rings is 1. The minimum absolute atomic E-state index is 0.126. The second-order valence-corrected chi connectivity index (χ2v) is 3.04. The number of carbonyl (C=O) groups is 1. The van der Waals surface area contributed by atoms with Gasteiger partial charge in [0, 0.05) is 6.08 Å². The molecule has 0 spiro atoms. The Morgan fingerprint density at radius 1 is 1.39 bits per heavy atom. The van der Waals surface area contributed by atoms with Gasteiger partial charge in [-0.05, 0) is 24.6 Å². The quantitative estimate of drug-likeness (QED) is 0.466. The number of ether oxygens (including phenoxy) is 2. The molecular weight excluding hydrogens is 351 g/mol. The summed E-state index contributed by atoms with van der Waals surface area (Å²) in [6.45, 7) is 2.04. The Balaban J connectivity index is 0.00000137. The molecule has 0 fully saturated rings. The predicted octanol–water partition coefficient (Wildman–Crippen LogP) is 3.49. The summed E-state index contributed by atoms with van der Waals surface area (Å²) in [5, 5.41) is 0. The fraction of sp³-hybridized carbons (Fsp3) is 0.250. The van der Waals surface area contributed by atoms with Gasteiger partial charge in [-0.2, -0.15) is 0 Å². The molecule has 1 aromatic carbocycles. The van der Waals surface area contributed by atoms with Crippen LogP contribution in [-0.4, -0.2) is 19.7 Å². The average molecular weight is 366 g/mol. The number of hydrogen-bond donors (Lipinski definition) is 0. The molecule has 0 aromatic heterocycles. The summed E-state index contributed by atoms with van der Waals surface area (Å²) in [5.74, 6) is 0.219. The standard InChI is InChI=1S/C12H15NO3.BrH.Zn/c1-3-16-12(14)8-11(13)9-4-6-10(15-2)7-5-9;;/h4-8H,3H2,1-2H3,(H2,13,14);1H;/q;;+2/p-2. The van der Waals surface area contributed by atoms with Crippen molar-refractivity contribution in [3.8, 4) is 5.75 Å². The van der Waals surface area contributed by atoms with Crippen molar-refractivity contribution >= 4 is 25.3 Å². The maximum absolute atomic E-state index is 11.1. The second-order valence-electron chi connectivity index (χ2n) is 3.04. The van der Waals surface area contributed by atoms with Crippen molar-refractivity contribution in [2.75, 3.05) is 13.7 Å². The summed E-state index contributed by atoms with van der Waals surface area (Å²) in [7, 11) is 1.57. The number of halogens is 1. The number of methoxy groups -OCH3 is 1. The van der Waals surface area contributed by atoms with E-state index >= 15 is 0 Å². The maximum atomic E-state index is 11.1. The van der Waals surface area contributed by atoms with Crippen molar-refractivity contribution in [1.29, 1.82) is 0 Å².